The summed E-state index contributed by atoms with van der Waals surface area (Å²) < 4.78 is 39.0. The predicted octanol–water partition coefficient (Wildman–Crippen LogP) is 5.36. The van der Waals surface area contributed by atoms with E-state index in [1.807, 2.05) is 24.3 Å². The average Bonchev–Trinajstić information content (AvgIpc) is 3.32. The fourth-order valence-electron chi connectivity index (χ4n) is 3.39. The fraction of sp³-hybridized carbons (Fsp3) is 0.300. The van der Waals surface area contributed by atoms with Gasteiger partial charge in [-0.1, -0.05) is 24.3 Å². The molecule has 8 heteroatoms. The molecule has 2 aromatic carbocycles. The van der Waals surface area contributed by atoms with Crippen LogP contribution in [0.4, 0.5) is 18.0 Å². The van der Waals surface area contributed by atoms with Crippen LogP contribution in [0.5, 0.6) is 0 Å². The van der Waals surface area contributed by atoms with Crippen LogP contribution in [-0.2, 0) is 12.7 Å². The Bertz CT molecular complexity index is 951. The first kappa shape index (κ1) is 18.7. The molecule has 28 heavy (non-hydrogen) atoms. The number of likely N-dealkylation sites (tertiary alicyclic amines) is 1. The van der Waals surface area contributed by atoms with Crippen molar-refractivity contribution in [2.24, 2.45) is 0 Å². The summed E-state index contributed by atoms with van der Waals surface area (Å²) in [7, 11) is 0. The number of amides is 2. The van der Waals surface area contributed by atoms with E-state index in [0.29, 0.717) is 12.1 Å². The van der Waals surface area contributed by atoms with E-state index in [0.717, 1.165) is 40.2 Å². The first-order valence-electron chi connectivity index (χ1n) is 8.98. The maximum absolute atomic E-state index is 12.7. The second-order valence-electron chi connectivity index (χ2n) is 6.72. The van der Waals surface area contributed by atoms with Crippen LogP contribution in [0.3, 0.4) is 0 Å². The monoisotopic (exact) mass is 405 g/mol. The van der Waals surface area contributed by atoms with Gasteiger partial charge in [0.15, 0.2) is 0 Å². The van der Waals surface area contributed by atoms with Crippen LogP contribution in [0.25, 0.3) is 10.2 Å². The molecule has 4 nitrogen and oxygen atoms in total. The zero-order valence-electron chi connectivity index (χ0n) is 14.9. The molecule has 2 heterocycles. The number of rotatable bonds is 3. The Balaban J connectivity index is 1.42. The van der Waals surface area contributed by atoms with Crippen molar-refractivity contribution in [2.45, 2.75) is 31.6 Å². The van der Waals surface area contributed by atoms with Crippen LogP contribution in [-0.4, -0.2) is 22.5 Å². The number of hydrogen-bond donors (Lipinski definition) is 1. The van der Waals surface area contributed by atoms with Gasteiger partial charge in [0.05, 0.1) is 21.8 Å². The Morgan fingerprint density at radius 2 is 1.93 bits per heavy atom. The van der Waals surface area contributed by atoms with Gasteiger partial charge in [0.1, 0.15) is 5.01 Å². The minimum absolute atomic E-state index is 0.0648. The maximum Gasteiger partial charge on any atom is 0.416 e. The minimum Gasteiger partial charge on any atom is -0.334 e. The van der Waals surface area contributed by atoms with E-state index < -0.39 is 11.7 Å². The average molecular weight is 405 g/mol. The van der Waals surface area contributed by atoms with Gasteiger partial charge in [0, 0.05) is 13.1 Å². The molecular weight excluding hydrogens is 387 g/mol. The molecule has 1 atom stereocenters. The molecule has 0 bridgehead atoms. The molecule has 1 aliphatic heterocycles. The minimum atomic E-state index is -4.36. The van der Waals surface area contributed by atoms with E-state index in [9.17, 15) is 18.0 Å². The van der Waals surface area contributed by atoms with E-state index in [-0.39, 0.29) is 18.6 Å². The summed E-state index contributed by atoms with van der Waals surface area (Å²) in [5.74, 6) is 0. The molecular formula is C20H18F3N3OS. The van der Waals surface area contributed by atoms with E-state index in [2.05, 4.69) is 10.3 Å². The molecule has 1 N–H and O–H groups in total. The van der Waals surface area contributed by atoms with Gasteiger partial charge in [-0.15, -0.1) is 11.3 Å². The molecule has 0 radical (unpaired) electrons. The fourth-order valence-corrected chi connectivity index (χ4v) is 4.51. The van der Waals surface area contributed by atoms with Crippen molar-refractivity contribution in [3.05, 3.63) is 64.7 Å². The molecule has 146 valence electrons. The Hall–Kier alpha value is -2.61. The lowest BCUT2D eigenvalue weighted by Crippen LogP contribution is -2.39. The molecule has 1 saturated heterocycles. The van der Waals surface area contributed by atoms with Gasteiger partial charge in [-0.05, 0) is 42.7 Å². The van der Waals surface area contributed by atoms with Crippen LogP contribution in [0, 0.1) is 0 Å². The first-order valence-corrected chi connectivity index (χ1v) is 9.79. The van der Waals surface area contributed by atoms with Gasteiger partial charge < -0.3 is 10.2 Å². The first-order chi connectivity index (χ1) is 13.4. The number of thiazole rings is 1. The number of para-hydroxylation sites is 1. The third-order valence-corrected chi connectivity index (χ3v) is 5.97. The predicted molar refractivity (Wildman–Crippen MR) is 102 cm³/mol. The summed E-state index contributed by atoms with van der Waals surface area (Å²) in [6, 6.07) is 12.4. The number of urea groups is 1. The molecule has 0 aliphatic carbocycles. The van der Waals surface area contributed by atoms with E-state index >= 15 is 0 Å². The van der Waals surface area contributed by atoms with Gasteiger partial charge in [-0.25, -0.2) is 9.78 Å². The van der Waals surface area contributed by atoms with Gasteiger partial charge >= 0.3 is 12.2 Å². The highest BCUT2D eigenvalue weighted by molar-refractivity contribution is 7.18. The van der Waals surface area contributed by atoms with E-state index in [1.54, 1.807) is 16.2 Å². The standard InChI is InChI=1S/C20H18F3N3OS/c21-20(22,23)14-9-7-13(8-10-14)12-24-19(27)26-11-3-5-16(26)18-25-15-4-1-2-6-17(15)28-18/h1-2,4,6-10,16H,3,5,11-12H2,(H,24,27). The lowest BCUT2D eigenvalue weighted by atomic mass is 10.1. The van der Waals surface area contributed by atoms with Crippen molar-refractivity contribution in [1.29, 1.82) is 0 Å². The second kappa shape index (κ2) is 7.43. The van der Waals surface area contributed by atoms with Crippen LogP contribution in [0.1, 0.15) is 35.0 Å². The Labute approximate surface area is 164 Å². The topological polar surface area (TPSA) is 45.2 Å². The highest BCUT2D eigenvalue weighted by Gasteiger charge is 2.32. The Kier molecular flexibility index (Phi) is 4.97. The highest BCUT2D eigenvalue weighted by Crippen LogP contribution is 2.36. The van der Waals surface area contributed by atoms with Gasteiger partial charge in [-0.3, -0.25) is 0 Å². The number of aromatic nitrogens is 1. The SMILES string of the molecule is O=C(NCc1ccc(C(F)(F)F)cc1)N1CCCC1c1nc2ccccc2s1. The van der Waals surface area contributed by atoms with Crippen molar-refractivity contribution < 1.29 is 18.0 Å². The van der Waals surface area contributed by atoms with E-state index in [4.69, 9.17) is 0 Å². The Morgan fingerprint density at radius 3 is 2.64 bits per heavy atom. The quantitative estimate of drug-likeness (QED) is 0.637. The van der Waals surface area contributed by atoms with Gasteiger partial charge in [0.25, 0.3) is 0 Å². The molecule has 0 saturated carbocycles. The summed E-state index contributed by atoms with van der Waals surface area (Å²) in [4.78, 5) is 19.1. The van der Waals surface area contributed by atoms with Crippen molar-refractivity contribution in [2.75, 3.05) is 6.54 Å². The second-order valence-corrected chi connectivity index (χ2v) is 7.79. The van der Waals surface area contributed by atoms with Crippen molar-refractivity contribution >= 4 is 27.6 Å². The molecule has 0 spiro atoms. The number of benzene rings is 2. The molecule has 4 rings (SSSR count). The van der Waals surface area contributed by atoms with Gasteiger partial charge in [-0.2, -0.15) is 13.2 Å². The van der Waals surface area contributed by atoms with Crippen LogP contribution < -0.4 is 5.32 Å². The van der Waals surface area contributed by atoms with Crippen molar-refractivity contribution in [1.82, 2.24) is 15.2 Å². The molecule has 1 aliphatic rings. The zero-order valence-corrected chi connectivity index (χ0v) is 15.7. The number of nitrogens with zero attached hydrogens (tertiary/aromatic N) is 2. The number of hydrogen-bond acceptors (Lipinski definition) is 3. The summed E-state index contributed by atoms with van der Waals surface area (Å²) >= 11 is 1.59. The van der Waals surface area contributed by atoms with Gasteiger partial charge in [0.2, 0.25) is 0 Å². The third-order valence-electron chi connectivity index (χ3n) is 4.83. The summed E-state index contributed by atoms with van der Waals surface area (Å²) in [6.45, 7) is 0.819. The zero-order chi connectivity index (χ0) is 19.7. The maximum atomic E-state index is 12.7. The molecule has 1 fully saturated rings. The number of fused-ring (bicyclic) bond motifs is 1. The van der Waals surface area contributed by atoms with E-state index in [1.165, 1.54) is 12.1 Å². The normalized spacial score (nSPS) is 17.2. The summed E-state index contributed by atoms with van der Waals surface area (Å²) in [6.07, 6.45) is -2.61. The van der Waals surface area contributed by atoms with Crippen LogP contribution in [0.2, 0.25) is 0 Å². The smallest absolute Gasteiger partial charge is 0.334 e. The number of carbonyl (C=O) groups is 1. The summed E-state index contributed by atoms with van der Waals surface area (Å²) in [5.41, 5.74) is 0.856. The largest absolute Gasteiger partial charge is 0.416 e. The summed E-state index contributed by atoms with van der Waals surface area (Å²) in [5, 5.41) is 3.73. The number of nitrogens with one attached hydrogen (secondary N) is 1. The Morgan fingerprint density at radius 1 is 1.18 bits per heavy atom. The molecule has 1 aromatic heterocycles. The number of carbonyl (C=O) groups excluding carboxylic acids is 1. The molecule has 2 amide bonds. The van der Waals surface area contributed by atoms with Crippen molar-refractivity contribution in [3.8, 4) is 0 Å². The molecule has 1 unspecified atom stereocenters. The molecule has 3 aromatic rings. The lowest BCUT2D eigenvalue weighted by Gasteiger charge is -2.23. The number of halogens is 3. The lowest BCUT2D eigenvalue weighted by molar-refractivity contribution is -0.137. The third kappa shape index (κ3) is 3.82. The highest BCUT2D eigenvalue weighted by atomic mass is 32.1. The van der Waals surface area contributed by atoms with Crippen LogP contribution in [0.15, 0.2) is 48.5 Å². The van der Waals surface area contributed by atoms with Crippen LogP contribution >= 0.6 is 11.3 Å². The van der Waals surface area contributed by atoms with Crippen molar-refractivity contribution in [3.63, 3.8) is 0 Å². The number of alkyl halides is 3.